The van der Waals surface area contributed by atoms with Gasteiger partial charge in [-0.3, -0.25) is 9.69 Å². The highest BCUT2D eigenvalue weighted by atomic mass is 19.4. The summed E-state index contributed by atoms with van der Waals surface area (Å²) in [5.74, 6) is -0.251. The number of rotatable bonds is 2. The van der Waals surface area contributed by atoms with Gasteiger partial charge in [-0.1, -0.05) is 6.07 Å². The van der Waals surface area contributed by atoms with E-state index in [4.69, 9.17) is 5.26 Å². The third-order valence-electron chi connectivity index (χ3n) is 3.30. The summed E-state index contributed by atoms with van der Waals surface area (Å²) >= 11 is 0. The molecule has 0 atom stereocenters. The number of hydrogen-bond acceptors (Lipinski definition) is 3. The van der Waals surface area contributed by atoms with Gasteiger partial charge in [0.1, 0.15) is 0 Å². The first-order chi connectivity index (χ1) is 9.89. The van der Waals surface area contributed by atoms with Gasteiger partial charge in [-0.2, -0.15) is 18.4 Å². The zero-order valence-corrected chi connectivity index (χ0v) is 11.2. The molecule has 2 rings (SSSR count). The Bertz CT molecular complexity index is 557. The van der Waals surface area contributed by atoms with E-state index in [2.05, 4.69) is 0 Å². The second-order valence-corrected chi connectivity index (χ2v) is 4.88. The molecular formula is C14H14F3N3O. The van der Waals surface area contributed by atoms with Crippen LogP contribution in [-0.2, 0) is 0 Å². The number of alkyl halides is 3. The minimum absolute atomic E-state index is 0.198. The van der Waals surface area contributed by atoms with Crippen LogP contribution in [0.3, 0.4) is 0 Å². The molecule has 1 heterocycles. The lowest BCUT2D eigenvalue weighted by atomic mass is 10.1. The summed E-state index contributed by atoms with van der Waals surface area (Å²) in [6.45, 7) is -0.0390. The van der Waals surface area contributed by atoms with Crippen molar-refractivity contribution < 1.29 is 18.0 Å². The topological polar surface area (TPSA) is 47.3 Å². The Labute approximate surface area is 120 Å². The van der Waals surface area contributed by atoms with Crippen molar-refractivity contribution in [3.8, 4) is 6.07 Å². The summed E-state index contributed by atoms with van der Waals surface area (Å²) in [4.78, 5) is 15.0. The molecule has 4 nitrogen and oxygen atoms in total. The highest BCUT2D eigenvalue weighted by Gasteiger charge is 2.32. The van der Waals surface area contributed by atoms with Crippen LogP contribution in [-0.4, -0.2) is 54.6 Å². The van der Waals surface area contributed by atoms with Crippen LogP contribution in [0, 0.1) is 11.3 Å². The number of nitriles is 1. The molecule has 21 heavy (non-hydrogen) atoms. The van der Waals surface area contributed by atoms with E-state index in [0.29, 0.717) is 11.1 Å². The first-order valence-corrected chi connectivity index (χ1v) is 6.47. The molecule has 1 fully saturated rings. The standard InChI is InChI=1S/C14H14F3N3O/c15-14(16,17)10-19-4-6-20(7-5-19)13(21)12-3-1-2-11(8-12)9-18/h1-3,8H,4-7,10H2. The molecule has 0 saturated carbocycles. The van der Waals surface area contributed by atoms with Gasteiger partial charge in [-0.15, -0.1) is 0 Å². The predicted molar refractivity (Wildman–Crippen MR) is 69.6 cm³/mol. The van der Waals surface area contributed by atoms with E-state index in [0.717, 1.165) is 0 Å². The molecule has 1 aliphatic rings. The van der Waals surface area contributed by atoms with Gasteiger partial charge >= 0.3 is 6.18 Å². The highest BCUT2D eigenvalue weighted by Crippen LogP contribution is 2.18. The Morgan fingerprint density at radius 2 is 1.90 bits per heavy atom. The van der Waals surface area contributed by atoms with Gasteiger partial charge in [0, 0.05) is 31.7 Å². The molecule has 112 valence electrons. The van der Waals surface area contributed by atoms with Crippen molar-refractivity contribution in [2.45, 2.75) is 6.18 Å². The van der Waals surface area contributed by atoms with E-state index in [9.17, 15) is 18.0 Å². The zero-order valence-electron chi connectivity index (χ0n) is 11.2. The molecule has 1 aliphatic heterocycles. The average molecular weight is 297 g/mol. The first-order valence-electron chi connectivity index (χ1n) is 6.47. The number of carbonyl (C=O) groups excluding carboxylic acids is 1. The van der Waals surface area contributed by atoms with E-state index in [1.807, 2.05) is 6.07 Å². The lowest BCUT2D eigenvalue weighted by molar-refractivity contribution is -0.148. The molecule has 1 aromatic carbocycles. The van der Waals surface area contributed by atoms with Crippen LogP contribution in [0.15, 0.2) is 24.3 Å². The van der Waals surface area contributed by atoms with E-state index >= 15 is 0 Å². The van der Waals surface area contributed by atoms with Crippen LogP contribution < -0.4 is 0 Å². The molecule has 0 bridgehead atoms. The van der Waals surface area contributed by atoms with E-state index < -0.39 is 12.7 Å². The molecule has 1 saturated heterocycles. The fourth-order valence-electron chi connectivity index (χ4n) is 2.27. The van der Waals surface area contributed by atoms with Crippen molar-refractivity contribution in [1.82, 2.24) is 9.80 Å². The summed E-state index contributed by atoms with van der Waals surface area (Å²) in [5, 5.41) is 8.81. The molecule has 0 aliphatic carbocycles. The SMILES string of the molecule is N#Cc1cccc(C(=O)N2CCN(CC(F)(F)F)CC2)c1. The number of carbonyl (C=O) groups is 1. The van der Waals surface area contributed by atoms with Crippen LogP contribution >= 0.6 is 0 Å². The molecule has 7 heteroatoms. The minimum atomic E-state index is -4.21. The van der Waals surface area contributed by atoms with E-state index in [-0.39, 0.29) is 32.1 Å². The zero-order chi connectivity index (χ0) is 15.5. The molecule has 0 aromatic heterocycles. The van der Waals surface area contributed by atoms with Crippen LogP contribution in [0.5, 0.6) is 0 Å². The maximum atomic E-state index is 12.3. The third-order valence-corrected chi connectivity index (χ3v) is 3.30. The quantitative estimate of drug-likeness (QED) is 0.837. The summed E-state index contributed by atoms with van der Waals surface area (Å²) in [6.07, 6.45) is -4.21. The lowest BCUT2D eigenvalue weighted by Gasteiger charge is -2.35. The Balaban J connectivity index is 1.96. The molecule has 1 aromatic rings. The van der Waals surface area contributed by atoms with Crippen LogP contribution in [0.2, 0.25) is 0 Å². The van der Waals surface area contributed by atoms with Gasteiger partial charge in [0.2, 0.25) is 0 Å². The molecule has 0 unspecified atom stereocenters. The summed E-state index contributed by atoms with van der Waals surface area (Å²) in [7, 11) is 0. The molecule has 0 N–H and O–H groups in total. The van der Waals surface area contributed by atoms with Gasteiger partial charge in [-0.25, -0.2) is 0 Å². The lowest BCUT2D eigenvalue weighted by Crippen LogP contribution is -2.50. The fraction of sp³-hybridized carbons (Fsp3) is 0.429. The van der Waals surface area contributed by atoms with Gasteiger partial charge < -0.3 is 4.90 Å². The minimum Gasteiger partial charge on any atom is -0.336 e. The van der Waals surface area contributed by atoms with Crippen molar-refractivity contribution >= 4 is 5.91 Å². The van der Waals surface area contributed by atoms with Gasteiger partial charge in [0.05, 0.1) is 18.2 Å². The van der Waals surface area contributed by atoms with Gasteiger partial charge in [0.15, 0.2) is 0 Å². The van der Waals surface area contributed by atoms with E-state index in [1.54, 1.807) is 18.2 Å². The van der Waals surface area contributed by atoms with Gasteiger partial charge in [0.25, 0.3) is 5.91 Å². The summed E-state index contributed by atoms with van der Waals surface area (Å²) in [5.41, 5.74) is 0.773. The summed E-state index contributed by atoms with van der Waals surface area (Å²) in [6, 6.07) is 8.26. The Morgan fingerprint density at radius 1 is 1.24 bits per heavy atom. The average Bonchev–Trinajstić information content (AvgIpc) is 2.46. The van der Waals surface area contributed by atoms with Crippen molar-refractivity contribution in [2.24, 2.45) is 0 Å². The van der Waals surface area contributed by atoms with Crippen molar-refractivity contribution in [1.29, 1.82) is 5.26 Å². The largest absolute Gasteiger partial charge is 0.401 e. The Hall–Kier alpha value is -2.07. The fourth-order valence-corrected chi connectivity index (χ4v) is 2.27. The second kappa shape index (κ2) is 6.14. The predicted octanol–water partition coefficient (Wildman–Crippen LogP) is 1.88. The maximum absolute atomic E-state index is 12.3. The molecule has 0 radical (unpaired) electrons. The molecular weight excluding hydrogens is 283 g/mol. The number of amides is 1. The smallest absolute Gasteiger partial charge is 0.336 e. The van der Waals surface area contributed by atoms with Crippen molar-refractivity contribution in [3.63, 3.8) is 0 Å². The van der Waals surface area contributed by atoms with Crippen LogP contribution in [0.1, 0.15) is 15.9 Å². The normalized spacial score (nSPS) is 16.6. The van der Waals surface area contributed by atoms with Crippen LogP contribution in [0.25, 0.3) is 0 Å². The van der Waals surface area contributed by atoms with Gasteiger partial charge in [-0.05, 0) is 18.2 Å². The first kappa shape index (κ1) is 15.3. The second-order valence-electron chi connectivity index (χ2n) is 4.88. The Morgan fingerprint density at radius 3 is 2.48 bits per heavy atom. The third kappa shape index (κ3) is 4.20. The number of benzene rings is 1. The monoisotopic (exact) mass is 297 g/mol. The number of piperazine rings is 1. The molecule has 0 spiro atoms. The van der Waals surface area contributed by atoms with Crippen molar-refractivity contribution in [3.05, 3.63) is 35.4 Å². The van der Waals surface area contributed by atoms with Crippen molar-refractivity contribution in [2.75, 3.05) is 32.7 Å². The Kier molecular flexibility index (Phi) is 4.48. The van der Waals surface area contributed by atoms with E-state index in [1.165, 1.54) is 15.9 Å². The number of halogens is 3. The number of nitrogens with zero attached hydrogens (tertiary/aromatic N) is 3. The van der Waals surface area contributed by atoms with Crippen LogP contribution in [0.4, 0.5) is 13.2 Å². The number of hydrogen-bond donors (Lipinski definition) is 0. The highest BCUT2D eigenvalue weighted by molar-refractivity contribution is 5.94. The molecule has 1 amide bonds. The maximum Gasteiger partial charge on any atom is 0.401 e. The summed E-state index contributed by atoms with van der Waals surface area (Å²) < 4.78 is 36.9.